The first kappa shape index (κ1) is 10.0. The summed E-state index contributed by atoms with van der Waals surface area (Å²) in [4.78, 5) is 19.3. The number of carbonyl (C=O) groups excluding carboxylic acids is 1. The molecule has 1 amide bonds. The standard InChI is InChI=1S/C10H13N3O2/c11-9(14)8-1-4-12-10(13-8)7-2-5-15-6-3-7/h1,4,7H,2-3,5-6H2,(H2,11,14). The lowest BCUT2D eigenvalue weighted by Crippen LogP contribution is -2.19. The maximum absolute atomic E-state index is 10.9. The van der Waals surface area contributed by atoms with Crippen LogP contribution in [0.4, 0.5) is 0 Å². The van der Waals surface area contributed by atoms with Crippen molar-refractivity contribution in [3.05, 3.63) is 23.8 Å². The molecule has 0 aromatic carbocycles. The SMILES string of the molecule is NC(=O)c1ccnc(C2CCOCC2)n1. The Labute approximate surface area is 87.7 Å². The molecule has 5 heteroatoms. The van der Waals surface area contributed by atoms with Gasteiger partial charge in [-0.2, -0.15) is 0 Å². The minimum atomic E-state index is -0.509. The molecule has 15 heavy (non-hydrogen) atoms. The van der Waals surface area contributed by atoms with E-state index in [0.717, 1.165) is 26.1 Å². The third kappa shape index (κ3) is 2.30. The smallest absolute Gasteiger partial charge is 0.267 e. The molecule has 1 aliphatic heterocycles. The van der Waals surface area contributed by atoms with Crippen molar-refractivity contribution >= 4 is 5.91 Å². The number of aromatic nitrogens is 2. The van der Waals surface area contributed by atoms with Crippen LogP contribution in [0.1, 0.15) is 35.1 Å². The van der Waals surface area contributed by atoms with Gasteiger partial charge in [-0.25, -0.2) is 9.97 Å². The van der Waals surface area contributed by atoms with E-state index in [1.165, 1.54) is 6.07 Å². The maximum Gasteiger partial charge on any atom is 0.267 e. The minimum absolute atomic E-state index is 0.284. The molecule has 0 aliphatic carbocycles. The van der Waals surface area contributed by atoms with Crippen molar-refractivity contribution < 1.29 is 9.53 Å². The summed E-state index contributed by atoms with van der Waals surface area (Å²) < 4.78 is 5.25. The molecule has 1 fully saturated rings. The maximum atomic E-state index is 10.9. The third-order valence-corrected chi connectivity index (χ3v) is 2.51. The molecule has 0 atom stereocenters. The van der Waals surface area contributed by atoms with Gasteiger partial charge in [0.05, 0.1) is 0 Å². The zero-order chi connectivity index (χ0) is 10.7. The first-order chi connectivity index (χ1) is 7.27. The Morgan fingerprint density at radius 2 is 2.20 bits per heavy atom. The summed E-state index contributed by atoms with van der Waals surface area (Å²) in [5.74, 6) is 0.485. The van der Waals surface area contributed by atoms with E-state index in [2.05, 4.69) is 9.97 Å². The Morgan fingerprint density at radius 3 is 2.87 bits per heavy atom. The number of hydrogen-bond acceptors (Lipinski definition) is 4. The van der Waals surface area contributed by atoms with Crippen molar-refractivity contribution in [1.82, 2.24) is 9.97 Å². The van der Waals surface area contributed by atoms with E-state index in [-0.39, 0.29) is 11.6 Å². The van der Waals surface area contributed by atoms with Gasteiger partial charge >= 0.3 is 0 Å². The normalized spacial score (nSPS) is 17.6. The highest BCUT2D eigenvalue weighted by atomic mass is 16.5. The lowest BCUT2D eigenvalue weighted by molar-refractivity contribution is 0.0834. The molecule has 1 saturated heterocycles. The predicted molar refractivity (Wildman–Crippen MR) is 53.3 cm³/mol. The molecule has 1 aromatic heterocycles. The average Bonchev–Trinajstić information content (AvgIpc) is 2.30. The largest absolute Gasteiger partial charge is 0.381 e. The van der Waals surface area contributed by atoms with Crippen LogP contribution in [0.3, 0.4) is 0 Å². The Balaban J connectivity index is 2.19. The van der Waals surface area contributed by atoms with Gasteiger partial charge in [0.25, 0.3) is 5.91 Å². The van der Waals surface area contributed by atoms with Crippen LogP contribution in [0.25, 0.3) is 0 Å². The summed E-state index contributed by atoms with van der Waals surface area (Å²) in [5.41, 5.74) is 5.44. The first-order valence-corrected chi connectivity index (χ1v) is 4.98. The molecular formula is C10H13N3O2. The molecule has 0 radical (unpaired) electrons. The Bertz CT molecular complexity index is 361. The monoisotopic (exact) mass is 207 g/mol. The van der Waals surface area contributed by atoms with Gasteiger partial charge < -0.3 is 10.5 Å². The number of nitrogens with two attached hydrogens (primary N) is 1. The van der Waals surface area contributed by atoms with Crippen LogP contribution in [-0.2, 0) is 4.74 Å². The van der Waals surface area contributed by atoms with Gasteiger partial charge in [-0.15, -0.1) is 0 Å². The Hall–Kier alpha value is -1.49. The van der Waals surface area contributed by atoms with Crippen LogP contribution in [0, 0.1) is 0 Å². The van der Waals surface area contributed by atoms with Crippen LogP contribution in [0.15, 0.2) is 12.3 Å². The lowest BCUT2D eigenvalue weighted by atomic mass is 9.99. The molecule has 0 saturated carbocycles. The lowest BCUT2D eigenvalue weighted by Gasteiger charge is -2.20. The van der Waals surface area contributed by atoms with E-state index in [0.29, 0.717) is 5.82 Å². The van der Waals surface area contributed by atoms with Gasteiger partial charge in [0, 0.05) is 25.3 Å². The molecule has 2 rings (SSSR count). The molecule has 0 bridgehead atoms. The van der Waals surface area contributed by atoms with Gasteiger partial charge in [0.15, 0.2) is 0 Å². The number of carbonyl (C=O) groups is 1. The van der Waals surface area contributed by atoms with Crippen molar-refractivity contribution in [2.75, 3.05) is 13.2 Å². The Morgan fingerprint density at radius 1 is 1.47 bits per heavy atom. The van der Waals surface area contributed by atoms with Gasteiger partial charge in [0.1, 0.15) is 11.5 Å². The molecular weight excluding hydrogens is 194 g/mol. The fraction of sp³-hybridized carbons (Fsp3) is 0.500. The topological polar surface area (TPSA) is 78.1 Å². The van der Waals surface area contributed by atoms with Crippen molar-refractivity contribution in [3.8, 4) is 0 Å². The highest BCUT2D eigenvalue weighted by Crippen LogP contribution is 2.23. The van der Waals surface area contributed by atoms with E-state index in [1.807, 2.05) is 0 Å². The van der Waals surface area contributed by atoms with Crippen molar-refractivity contribution in [1.29, 1.82) is 0 Å². The molecule has 2 heterocycles. The zero-order valence-corrected chi connectivity index (χ0v) is 8.35. The second-order valence-corrected chi connectivity index (χ2v) is 3.55. The molecule has 80 valence electrons. The van der Waals surface area contributed by atoms with Crippen LogP contribution in [0.2, 0.25) is 0 Å². The van der Waals surface area contributed by atoms with Crippen molar-refractivity contribution in [3.63, 3.8) is 0 Å². The van der Waals surface area contributed by atoms with E-state index >= 15 is 0 Å². The first-order valence-electron chi connectivity index (χ1n) is 4.98. The van der Waals surface area contributed by atoms with Gasteiger partial charge in [-0.3, -0.25) is 4.79 Å². The summed E-state index contributed by atoms with van der Waals surface area (Å²) >= 11 is 0. The van der Waals surface area contributed by atoms with Gasteiger partial charge in [-0.05, 0) is 18.9 Å². The van der Waals surface area contributed by atoms with E-state index in [1.54, 1.807) is 6.20 Å². The van der Waals surface area contributed by atoms with Crippen LogP contribution in [0.5, 0.6) is 0 Å². The fourth-order valence-electron chi connectivity index (χ4n) is 1.66. The van der Waals surface area contributed by atoms with Crippen LogP contribution < -0.4 is 5.73 Å². The molecule has 2 N–H and O–H groups in total. The molecule has 1 aromatic rings. The van der Waals surface area contributed by atoms with Gasteiger partial charge in [-0.1, -0.05) is 0 Å². The van der Waals surface area contributed by atoms with Crippen molar-refractivity contribution in [2.24, 2.45) is 5.73 Å². The molecule has 5 nitrogen and oxygen atoms in total. The second-order valence-electron chi connectivity index (χ2n) is 3.55. The molecule has 0 unspecified atom stereocenters. The van der Waals surface area contributed by atoms with Crippen LogP contribution >= 0.6 is 0 Å². The minimum Gasteiger partial charge on any atom is -0.381 e. The predicted octanol–water partition coefficient (Wildman–Crippen LogP) is 0.469. The number of hydrogen-bond donors (Lipinski definition) is 1. The second kappa shape index (κ2) is 4.35. The van der Waals surface area contributed by atoms with Gasteiger partial charge in [0.2, 0.25) is 0 Å². The quantitative estimate of drug-likeness (QED) is 0.764. The number of amides is 1. The zero-order valence-electron chi connectivity index (χ0n) is 8.35. The Kier molecular flexibility index (Phi) is 2.91. The third-order valence-electron chi connectivity index (χ3n) is 2.51. The van der Waals surface area contributed by atoms with E-state index in [4.69, 9.17) is 10.5 Å². The summed E-state index contributed by atoms with van der Waals surface area (Å²) in [6.07, 6.45) is 3.39. The summed E-state index contributed by atoms with van der Waals surface area (Å²) in [6, 6.07) is 1.53. The summed E-state index contributed by atoms with van der Waals surface area (Å²) in [5, 5.41) is 0. The summed E-state index contributed by atoms with van der Waals surface area (Å²) in [6.45, 7) is 1.46. The van der Waals surface area contributed by atoms with E-state index in [9.17, 15) is 4.79 Å². The number of primary amides is 1. The average molecular weight is 207 g/mol. The fourth-order valence-corrected chi connectivity index (χ4v) is 1.66. The number of nitrogens with zero attached hydrogens (tertiary/aromatic N) is 2. The molecule has 1 aliphatic rings. The van der Waals surface area contributed by atoms with Crippen LogP contribution in [-0.4, -0.2) is 29.1 Å². The highest BCUT2D eigenvalue weighted by Gasteiger charge is 2.19. The molecule has 0 spiro atoms. The summed E-state index contributed by atoms with van der Waals surface area (Å²) in [7, 11) is 0. The number of rotatable bonds is 2. The van der Waals surface area contributed by atoms with Crippen molar-refractivity contribution in [2.45, 2.75) is 18.8 Å². The highest BCUT2D eigenvalue weighted by molar-refractivity contribution is 5.90. The number of ether oxygens (including phenoxy) is 1. The van der Waals surface area contributed by atoms with E-state index < -0.39 is 5.91 Å².